The Balaban J connectivity index is 2.74. The molecular weight excluding hydrogens is 192 g/mol. The van der Waals surface area contributed by atoms with Crippen LogP contribution in [0.2, 0.25) is 0 Å². The smallest absolute Gasteiger partial charge is 0.274 e. The summed E-state index contributed by atoms with van der Waals surface area (Å²) in [6, 6.07) is 0. The lowest BCUT2D eigenvalue weighted by Gasteiger charge is -2.02. The largest absolute Gasteiger partial charge is 0.395 e. The minimum absolute atomic E-state index is 0.258. The lowest BCUT2D eigenvalue weighted by atomic mass is 10.2. The molecule has 0 aliphatic carbocycles. The van der Waals surface area contributed by atoms with E-state index in [0.29, 0.717) is 12.2 Å². The summed E-state index contributed by atoms with van der Waals surface area (Å²) >= 11 is 0. The lowest BCUT2D eigenvalue weighted by Crippen LogP contribution is -2.26. The Hall–Kier alpha value is -1.78. The Labute approximate surface area is 88.7 Å². The van der Waals surface area contributed by atoms with E-state index >= 15 is 0 Å². The zero-order valence-electron chi connectivity index (χ0n) is 9.05. The van der Waals surface area contributed by atoms with Crippen LogP contribution >= 0.6 is 0 Å². The van der Waals surface area contributed by atoms with Crippen molar-refractivity contribution in [2.75, 3.05) is 12.3 Å². The fourth-order valence-corrected chi connectivity index (χ4v) is 1.14. The first-order valence-electron chi connectivity index (χ1n) is 4.81. The highest BCUT2D eigenvalue weighted by Gasteiger charge is 2.15. The standard InChI is InChI=1S/C10H16N4O/c1-4-7-8(11)9(14-13-7)10(15)12-5-6(2)3/h2,4-5,11H2,1,3H3,(H,12,15)(H,13,14). The highest BCUT2D eigenvalue weighted by atomic mass is 16.1. The van der Waals surface area contributed by atoms with Crippen molar-refractivity contribution < 1.29 is 4.79 Å². The van der Waals surface area contributed by atoms with Crippen molar-refractivity contribution in [3.8, 4) is 0 Å². The van der Waals surface area contributed by atoms with E-state index in [9.17, 15) is 4.79 Å². The van der Waals surface area contributed by atoms with Gasteiger partial charge in [-0.05, 0) is 13.3 Å². The molecule has 82 valence electrons. The number of rotatable bonds is 4. The fourth-order valence-electron chi connectivity index (χ4n) is 1.14. The van der Waals surface area contributed by atoms with Gasteiger partial charge in [-0.15, -0.1) is 0 Å². The molecule has 0 bridgehead atoms. The van der Waals surface area contributed by atoms with E-state index in [1.807, 2.05) is 13.8 Å². The van der Waals surface area contributed by atoms with Gasteiger partial charge in [0.25, 0.3) is 5.91 Å². The van der Waals surface area contributed by atoms with Gasteiger partial charge in [0.15, 0.2) is 5.69 Å². The molecule has 15 heavy (non-hydrogen) atoms. The van der Waals surface area contributed by atoms with Crippen LogP contribution in [0.3, 0.4) is 0 Å². The molecule has 0 aromatic carbocycles. The number of hydrogen-bond acceptors (Lipinski definition) is 3. The number of aryl methyl sites for hydroxylation is 1. The number of anilines is 1. The van der Waals surface area contributed by atoms with E-state index in [2.05, 4.69) is 22.1 Å². The minimum atomic E-state index is -0.272. The zero-order valence-corrected chi connectivity index (χ0v) is 9.05. The van der Waals surface area contributed by atoms with Crippen molar-refractivity contribution in [1.82, 2.24) is 15.5 Å². The number of aromatic amines is 1. The Morgan fingerprint density at radius 1 is 1.67 bits per heavy atom. The van der Waals surface area contributed by atoms with Gasteiger partial charge in [0, 0.05) is 6.54 Å². The van der Waals surface area contributed by atoms with Crippen molar-refractivity contribution in [3.63, 3.8) is 0 Å². The molecule has 0 spiro atoms. The molecule has 5 nitrogen and oxygen atoms in total. The maximum absolute atomic E-state index is 11.6. The summed E-state index contributed by atoms with van der Waals surface area (Å²) in [6.45, 7) is 7.91. The van der Waals surface area contributed by atoms with Crippen LogP contribution in [-0.2, 0) is 6.42 Å². The second kappa shape index (κ2) is 4.63. The van der Waals surface area contributed by atoms with E-state index in [-0.39, 0.29) is 11.6 Å². The molecule has 0 fully saturated rings. The van der Waals surface area contributed by atoms with Gasteiger partial charge >= 0.3 is 0 Å². The summed E-state index contributed by atoms with van der Waals surface area (Å²) in [7, 11) is 0. The predicted molar refractivity (Wildman–Crippen MR) is 59.5 cm³/mol. The van der Waals surface area contributed by atoms with Crippen LogP contribution in [0.5, 0.6) is 0 Å². The molecule has 0 aliphatic rings. The summed E-state index contributed by atoms with van der Waals surface area (Å²) < 4.78 is 0. The van der Waals surface area contributed by atoms with Gasteiger partial charge in [0.1, 0.15) is 0 Å². The average molecular weight is 208 g/mol. The number of aromatic nitrogens is 2. The SMILES string of the molecule is C=C(C)CNC(=O)c1n[nH]c(CC)c1N. The van der Waals surface area contributed by atoms with E-state index < -0.39 is 0 Å². The number of nitrogen functional groups attached to an aromatic ring is 1. The number of nitrogens with two attached hydrogens (primary N) is 1. The highest BCUT2D eigenvalue weighted by molar-refractivity contribution is 5.97. The number of amides is 1. The Morgan fingerprint density at radius 3 is 2.80 bits per heavy atom. The van der Waals surface area contributed by atoms with Crippen LogP contribution in [0.4, 0.5) is 5.69 Å². The molecule has 4 N–H and O–H groups in total. The van der Waals surface area contributed by atoms with Gasteiger partial charge in [-0.2, -0.15) is 5.10 Å². The summed E-state index contributed by atoms with van der Waals surface area (Å²) in [5, 5.41) is 9.28. The number of H-pyrrole nitrogens is 1. The monoisotopic (exact) mass is 208 g/mol. The van der Waals surface area contributed by atoms with Crippen LogP contribution < -0.4 is 11.1 Å². The number of nitrogens with one attached hydrogen (secondary N) is 2. The van der Waals surface area contributed by atoms with Gasteiger partial charge in [-0.25, -0.2) is 0 Å². The maximum Gasteiger partial charge on any atom is 0.274 e. The predicted octanol–water partition coefficient (Wildman–Crippen LogP) is 0.860. The first kappa shape index (κ1) is 11.3. The van der Waals surface area contributed by atoms with E-state index in [4.69, 9.17) is 5.73 Å². The van der Waals surface area contributed by atoms with Crippen LogP contribution in [-0.4, -0.2) is 22.6 Å². The normalized spacial score (nSPS) is 10.0. The molecule has 1 amide bonds. The second-order valence-corrected chi connectivity index (χ2v) is 3.46. The molecule has 1 rings (SSSR count). The van der Waals surface area contributed by atoms with Gasteiger partial charge in [-0.3, -0.25) is 9.89 Å². The van der Waals surface area contributed by atoms with Gasteiger partial charge in [0.05, 0.1) is 11.4 Å². The summed E-state index contributed by atoms with van der Waals surface area (Å²) in [5.41, 5.74) is 8.10. The molecule has 0 saturated carbocycles. The second-order valence-electron chi connectivity index (χ2n) is 3.46. The first-order chi connectivity index (χ1) is 7.06. The maximum atomic E-state index is 11.6. The summed E-state index contributed by atoms with van der Waals surface area (Å²) in [5.74, 6) is -0.272. The molecule has 0 aliphatic heterocycles. The van der Waals surface area contributed by atoms with Crippen molar-refractivity contribution in [3.05, 3.63) is 23.5 Å². The quantitative estimate of drug-likeness (QED) is 0.642. The van der Waals surface area contributed by atoms with Gasteiger partial charge in [-0.1, -0.05) is 19.1 Å². The van der Waals surface area contributed by atoms with Crippen LogP contribution in [0, 0.1) is 0 Å². The fraction of sp³-hybridized carbons (Fsp3) is 0.400. The molecule has 1 aromatic heterocycles. The molecular formula is C10H16N4O. The highest BCUT2D eigenvalue weighted by Crippen LogP contribution is 2.13. The number of carbonyl (C=O) groups is 1. The molecule has 1 aromatic rings. The minimum Gasteiger partial charge on any atom is -0.395 e. The number of carbonyl (C=O) groups excluding carboxylic acids is 1. The molecule has 5 heteroatoms. The van der Waals surface area contributed by atoms with Crippen molar-refractivity contribution >= 4 is 11.6 Å². The van der Waals surface area contributed by atoms with Gasteiger partial charge in [0.2, 0.25) is 0 Å². The summed E-state index contributed by atoms with van der Waals surface area (Å²) in [6.07, 6.45) is 0.729. The molecule has 0 unspecified atom stereocenters. The zero-order chi connectivity index (χ0) is 11.4. The van der Waals surface area contributed by atoms with E-state index in [0.717, 1.165) is 17.7 Å². The van der Waals surface area contributed by atoms with Gasteiger partial charge < -0.3 is 11.1 Å². The van der Waals surface area contributed by atoms with E-state index in [1.165, 1.54) is 0 Å². The first-order valence-corrected chi connectivity index (χ1v) is 4.81. The Morgan fingerprint density at radius 2 is 2.33 bits per heavy atom. The topological polar surface area (TPSA) is 83.8 Å². The number of nitrogens with zero attached hydrogens (tertiary/aromatic N) is 1. The van der Waals surface area contributed by atoms with E-state index in [1.54, 1.807) is 0 Å². The lowest BCUT2D eigenvalue weighted by molar-refractivity contribution is 0.0953. The Bertz CT molecular complexity index is 381. The van der Waals surface area contributed by atoms with Crippen LogP contribution in [0.1, 0.15) is 30.0 Å². The summed E-state index contributed by atoms with van der Waals surface area (Å²) in [4.78, 5) is 11.6. The molecule has 0 saturated heterocycles. The molecule has 1 heterocycles. The van der Waals surface area contributed by atoms with Crippen molar-refractivity contribution in [2.45, 2.75) is 20.3 Å². The Kier molecular flexibility index (Phi) is 3.49. The average Bonchev–Trinajstić information content (AvgIpc) is 2.56. The van der Waals surface area contributed by atoms with Crippen LogP contribution in [0.15, 0.2) is 12.2 Å². The molecule has 0 radical (unpaired) electrons. The van der Waals surface area contributed by atoms with Crippen molar-refractivity contribution in [1.29, 1.82) is 0 Å². The third-order valence-electron chi connectivity index (χ3n) is 2.00. The molecule has 0 atom stereocenters. The van der Waals surface area contributed by atoms with Crippen LogP contribution in [0.25, 0.3) is 0 Å². The van der Waals surface area contributed by atoms with Crippen molar-refractivity contribution in [2.24, 2.45) is 0 Å². The number of hydrogen-bond donors (Lipinski definition) is 3. The third kappa shape index (κ3) is 2.59. The third-order valence-corrected chi connectivity index (χ3v) is 2.00.